The van der Waals surface area contributed by atoms with E-state index >= 15 is 0 Å². The zero-order chi connectivity index (χ0) is 18.0. The Balaban J connectivity index is 1.95. The van der Waals surface area contributed by atoms with Gasteiger partial charge in [-0.25, -0.2) is 18.2 Å². The van der Waals surface area contributed by atoms with Crippen molar-refractivity contribution in [3.05, 3.63) is 70.3 Å². The fraction of sp³-hybridized carbons (Fsp3) is 0.0588. The van der Waals surface area contributed by atoms with Gasteiger partial charge >= 0.3 is 0 Å². The van der Waals surface area contributed by atoms with Gasteiger partial charge < -0.3 is 10.1 Å². The quantitative estimate of drug-likeness (QED) is 0.708. The molecule has 0 spiro atoms. The lowest BCUT2D eigenvalue weighted by Crippen LogP contribution is -2.11. The number of nitrogens with zero attached hydrogens (tertiary/aromatic N) is 1. The minimum absolute atomic E-state index is 0.0382. The number of rotatable bonds is 4. The molecule has 3 aromatic rings. The smallest absolute Gasteiger partial charge is 0.252 e. The number of hydrogen-bond acceptors (Lipinski definition) is 4. The van der Waals surface area contributed by atoms with Gasteiger partial charge in [-0.15, -0.1) is 0 Å². The summed E-state index contributed by atoms with van der Waals surface area (Å²) in [5, 5.41) is 2.55. The summed E-state index contributed by atoms with van der Waals surface area (Å²) in [6.07, 6.45) is 0. The number of methoxy groups -OCH3 is 1. The highest BCUT2D eigenvalue weighted by Gasteiger charge is 2.12. The summed E-state index contributed by atoms with van der Waals surface area (Å²) in [4.78, 5) is 18.4. The first-order valence-electron chi connectivity index (χ1n) is 7.13. The number of nitrogens with one attached hydrogen (secondary N) is 2. The largest absolute Gasteiger partial charge is 0.497 e. The van der Waals surface area contributed by atoms with Crippen molar-refractivity contribution < 1.29 is 17.9 Å². The number of benzene rings is 2. The van der Waals surface area contributed by atoms with E-state index in [0.29, 0.717) is 17.0 Å². The molecule has 0 radical (unpaired) electrons. The molecule has 0 saturated heterocycles. The molecule has 0 fully saturated rings. The number of aromatic amines is 1. The number of aromatic nitrogens is 2. The molecule has 128 valence electrons. The van der Waals surface area contributed by atoms with E-state index in [2.05, 4.69) is 15.3 Å². The molecule has 1 heterocycles. The van der Waals surface area contributed by atoms with Crippen molar-refractivity contribution in [2.24, 2.45) is 0 Å². The first kappa shape index (κ1) is 16.6. The van der Waals surface area contributed by atoms with Gasteiger partial charge in [-0.3, -0.25) is 9.78 Å². The number of hydrogen-bond donors (Lipinski definition) is 2. The van der Waals surface area contributed by atoms with E-state index in [-0.39, 0.29) is 11.6 Å². The van der Waals surface area contributed by atoms with Crippen molar-refractivity contribution >= 4 is 11.6 Å². The van der Waals surface area contributed by atoms with Crippen molar-refractivity contribution in [1.82, 2.24) is 9.97 Å². The van der Waals surface area contributed by atoms with E-state index < -0.39 is 23.0 Å². The molecule has 0 bridgehead atoms. The molecule has 2 aromatic carbocycles. The van der Waals surface area contributed by atoms with Crippen LogP contribution in [0.2, 0.25) is 0 Å². The van der Waals surface area contributed by atoms with Crippen molar-refractivity contribution in [2.45, 2.75) is 0 Å². The Hall–Kier alpha value is -3.29. The van der Waals surface area contributed by atoms with Crippen LogP contribution in [0.1, 0.15) is 0 Å². The Labute approximate surface area is 140 Å². The van der Waals surface area contributed by atoms with Crippen LogP contribution in [0.5, 0.6) is 5.75 Å². The number of ether oxygens (including phenoxy) is 1. The fourth-order valence-corrected chi connectivity index (χ4v) is 2.19. The molecule has 0 aliphatic rings. The van der Waals surface area contributed by atoms with E-state index in [1.807, 2.05) is 0 Å². The molecule has 5 nitrogen and oxygen atoms in total. The van der Waals surface area contributed by atoms with Crippen LogP contribution in [0.3, 0.4) is 0 Å². The van der Waals surface area contributed by atoms with Gasteiger partial charge in [0.2, 0.25) is 5.95 Å². The van der Waals surface area contributed by atoms with Gasteiger partial charge in [0.1, 0.15) is 5.75 Å². The van der Waals surface area contributed by atoms with Gasteiger partial charge in [-0.1, -0.05) is 0 Å². The van der Waals surface area contributed by atoms with E-state index in [1.165, 1.54) is 13.2 Å². The van der Waals surface area contributed by atoms with Crippen molar-refractivity contribution in [1.29, 1.82) is 0 Å². The van der Waals surface area contributed by atoms with Crippen LogP contribution in [0.15, 0.2) is 47.3 Å². The minimum Gasteiger partial charge on any atom is -0.497 e. The van der Waals surface area contributed by atoms with Gasteiger partial charge in [-0.05, 0) is 24.3 Å². The van der Waals surface area contributed by atoms with E-state index in [0.717, 1.165) is 12.1 Å². The van der Waals surface area contributed by atoms with Crippen LogP contribution >= 0.6 is 0 Å². The highest BCUT2D eigenvalue weighted by atomic mass is 19.2. The maximum Gasteiger partial charge on any atom is 0.252 e. The predicted octanol–water partition coefficient (Wildman–Crippen LogP) is 3.61. The van der Waals surface area contributed by atoms with Crippen molar-refractivity contribution in [3.8, 4) is 17.0 Å². The van der Waals surface area contributed by atoms with E-state index in [4.69, 9.17) is 4.74 Å². The van der Waals surface area contributed by atoms with Crippen LogP contribution in [0.4, 0.5) is 24.8 Å². The molecule has 0 unspecified atom stereocenters. The number of H-pyrrole nitrogens is 1. The summed E-state index contributed by atoms with van der Waals surface area (Å²) in [5.74, 6) is -3.67. The lowest BCUT2D eigenvalue weighted by atomic mass is 10.1. The monoisotopic (exact) mass is 347 g/mol. The first-order valence-corrected chi connectivity index (χ1v) is 7.13. The van der Waals surface area contributed by atoms with Crippen molar-refractivity contribution in [3.63, 3.8) is 0 Å². The predicted molar refractivity (Wildman–Crippen MR) is 86.4 cm³/mol. The van der Waals surface area contributed by atoms with Gasteiger partial charge in [-0.2, -0.15) is 0 Å². The number of anilines is 2. The third kappa shape index (κ3) is 3.63. The minimum atomic E-state index is -1.57. The van der Waals surface area contributed by atoms with Gasteiger partial charge in [0.25, 0.3) is 5.56 Å². The lowest BCUT2D eigenvalue weighted by Gasteiger charge is -2.08. The molecule has 0 atom stereocenters. The highest BCUT2D eigenvalue weighted by Crippen LogP contribution is 2.22. The number of halogens is 3. The second kappa shape index (κ2) is 6.68. The molecular weight excluding hydrogens is 335 g/mol. The Morgan fingerprint density at radius 1 is 1.04 bits per heavy atom. The first-order chi connectivity index (χ1) is 12.0. The third-order valence-electron chi connectivity index (χ3n) is 3.37. The average molecular weight is 347 g/mol. The molecule has 3 rings (SSSR count). The Morgan fingerprint density at radius 2 is 1.68 bits per heavy atom. The SMILES string of the molecule is COc1ccc(-c2cc(=O)[nH]c(Nc3cc(F)c(F)c(F)c3)n2)cc1. The van der Waals surface area contributed by atoms with Gasteiger partial charge in [0.15, 0.2) is 17.5 Å². The van der Waals surface area contributed by atoms with Crippen molar-refractivity contribution in [2.75, 3.05) is 12.4 Å². The maximum atomic E-state index is 13.3. The summed E-state index contributed by atoms with van der Waals surface area (Å²) in [7, 11) is 1.53. The average Bonchev–Trinajstić information content (AvgIpc) is 2.59. The maximum absolute atomic E-state index is 13.3. The van der Waals surface area contributed by atoms with Crippen LogP contribution < -0.4 is 15.6 Å². The third-order valence-corrected chi connectivity index (χ3v) is 3.37. The van der Waals surface area contributed by atoms with Gasteiger partial charge in [0, 0.05) is 29.4 Å². The van der Waals surface area contributed by atoms with Crippen LogP contribution in [0.25, 0.3) is 11.3 Å². The zero-order valence-electron chi connectivity index (χ0n) is 12.9. The fourth-order valence-electron chi connectivity index (χ4n) is 2.19. The molecule has 0 amide bonds. The van der Waals surface area contributed by atoms with Gasteiger partial charge in [0.05, 0.1) is 12.8 Å². The topological polar surface area (TPSA) is 67.0 Å². The van der Waals surface area contributed by atoms with Crippen LogP contribution in [-0.2, 0) is 0 Å². The Kier molecular flexibility index (Phi) is 4.42. The molecule has 8 heteroatoms. The molecule has 25 heavy (non-hydrogen) atoms. The molecular formula is C17H12F3N3O2. The lowest BCUT2D eigenvalue weighted by molar-refractivity contribution is 0.415. The summed E-state index contributed by atoms with van der Waals surface area (Å²) in [6.45, 7) is 0. The Morgan fingerprint density at radius 3 is 2.28 bits per heavy atom. The molecule has 0 aliphatic heterocycles. The summed E-state index contributed by atoms with van der Waals surface area (Å²) < 4.78 is 44.6. The standard InChI is InChI=1S/C17H12F3N3O2/c1-25-11-4-2-9(3-5-11)14-8-15(24)23-17(22-14)21-10-6-12(18)16(20)13(19)7-10/h2-8H,1H3,(H2,21,22,23,24). The second-order valence-electron chi connectivity index (χ2n) is 5.09. The second-order valence-corrected chi connectivity index (χ2v) is 5.09. The molecule has 1 aromatic heterocycles. The summed E-state index contributed by atoms with van der Waals surface area (Å²) in [6, 6.07) is 9.63. The van der Waals surface area contributed by atoms with E-state index in [1.54, 1.807) is 24.3 Å². The Bertz CT molecular complexity index is 949. The highest BCUT2D eigenvalue weighted by molar-refractivity contribution is 5.62. The summed E-state index contributed by atoms with van der Waals surface area (Å²) in [5.41, 5.74) is 0.432. The van der Waals surface area contributed by atoms with Crippen LogP contribution in [0, 0.1) is 17.5 Å². The molecule has 2 N–H and O–H groups in total. The molecule has 0 saturated carbocycles. The zero-order valence-corrected chi connectivity index (χ0v) is 12.9. The molecule has 0 aliphatic carbocycles. The van der Waals surface area contributed by atoms with E-state index in [9.17, 15) is 18.0 Å². The summed E-state index contributed by atoms with van der Waals surface area (Å²) >= 11 is 0. The normalized spacial score (nSPS) is 10.6. The van der Waals surface area contributed by atoms with Crippen LogP contribution in [-0.4, -0.2) is 17.1 Å².